The second-order valence-corrected chi connectivity index (χ2v) is 6.37. The van der Waals surface area contributed by atoms with Crippen LogP contribution in [0.15, 0.2) is 33.8 Å². The molecule has 0 radical (unpaired) electrons. The fraction of sp³-hybridized carbons (Fsp3) is 0.500. The van der Waals surface area contributed by atoms with Gasteiger partial charge in [0.2, 0.25) is 5.89 Å². The highest BCUT2D eigenvalue weighted by Gasteiger charge is 2.18. The Bertz CT molecular complexity index is 713. The third-order valence-electron chi connectivity index (χ3n) is 4.26. The summed E-state index contributed by atoms with van der Waals surface area (Å²) in [6, 6.07) is 8.61. The van der Waals surface area contributed by atoms with Crippen molar-refractivity contribution in [1.82, 2.24) is 20.4 Å². The Labute approximate surface area is 166 Å². The molecule has 0 spiro atoms. The predicted molar refractivity (Wildman–Crippen MR) is 109 cm³/mol. The molecule has 0 bridgehead atoms. The number of hydrogen-bond donors (Lipinski definition) is 1. The first-order valence-electron chi connectivity index (χ1n) is 8.52. The van der Waals surface area contributed by atoms with Crippen LogP contribution >= 0.6 is 24.0 Å². The van der Waals surface area contributed by atoms with E-state index in [2.05, 4.69) is 63.5 Å². The molecule has 0 saturated heterocycles. The van der Waals surface area contributed by atoms with E-state index in [-0.39, 0.29) is 29.9 Å². The topological polar surface area (TPSA) is 66.5 Å². The van der Waals surface area contributed by atoms with E-state index in [1.165, 1.54) is 11.1 Å². The second-order valence-electron chi connectivity index (χ2n) is 6.37. The minimum absolute atomic E-state index is 0. The van der Waals surface area contributed by atoms with Gasteiger partial charge in [-0.2, -0.15) is 4.98 Å². The molecule has 1 aliphatic rings. The fourth-order valence-electron chi connectivity index (χ4n) is 2.89. The molecule has 1 aliphatic heterocycles. The Morgan fingerprint density at radius 2 is 2.08 bits per heavy atom. The molecule has 0 atom stereocenters. The lowest BCUT2D eigenvalue weighted by molar-refractivity contribution is 0.364. The van der Waals surface area contributed by atoms with Crippen molar-refractivity contribution in [2.75, 3.05) is 20.1 Å². The van der Waals surface area contributed by atoms with E-state index in [0.717, 1.165) is 37.8 Å². The van der Waals surface area contributed by atoms with E-state index in [4.69, 9.17) is 4.52 Å². The maximum absolute atomic E-state index is 5.28. The zero-order chi connectivity index (χ0) is 16.9. The Kier molecular flexibility index (Phi) is 7.22. The molecule has 1 N–H and O–H groups in total. The zero-order valence-electron chi connectivity index (χ0n) is 15.0. The normalized spacial score (nSPS) is 14.2. The molecule has 2 aromatic rings. The third kappa shape index (κ3) is 4.93. The first-order chi connectivity index (χ1) is 11.7. The van der Waals surface area contributed by atoms with Gasteiger partial charge in [0.05, 0.1) is 0 Å². The smallest absolute Gasteiger partial charge is 0.228 e. The third-order valence-corrected chi connectivity index (χ3v) is 4.26. The monoisotopic (exact) mass is 455 g/mol. The maximum Gasteiger partial charge on any atom is 0.228 e. The average molecular weight is 455 g/mol. The van der Waals surface area contributed by atoms with Crippen LogP contribution in [0.1, 0.15) is 42.6 Å². The van der Waals surface area contributed by atoms with Gasteiger partial charge in [-0.3, -0.25) is 4.99 Å². The van der Waals surface area contributed by atoms with Gasteiger partial charge in [-0.1, -0.05) is 43.3 Å². The summed E-state index contributed by atoms with van der Waals surface area (Å²) in [6.07, 6.45) is 1.75. The van der Waals surface area contributed by atoms with Crippen LogP contribution < -0.4 is 5.32 Å². The summed E-state index contributed by atoms with van der Waals surface area (Å²) in [7, 11) is 1.83. The van der Waals surface area contributed by atoms with Crippen molar-refractivity contribution in [1.29, 1.82) is 0 Å². The lowest BCUT2D eigenvalue weighted by Crippen LogP contribution is -2.44. The Balaban J connectivity index is 0.00000225. The van der Waals surface area contributed by atoms with E-state index in [1.54, 1.807) is 0 Å². The van der Waals surface area contributed by atoms with E-state index >= 15 is 0 Å². The molecule has 1 aromatic heterocycles. The van der Waals surface area contributed by atoms with Gasteiger partial charge in [-0.15, -0.1) is 24.0 Å². The zero-order valence-corrected chi connectivity index (χ0v) is 17.4. The van der Waals surface area contributed by atoms with Gasteiger partial charge in [0.15, 0.2) is 11.8 Å². The Morgan fingerprint density at radius 1 is 1.32 bits per heavy atom. The van der Waals surface area contributed by atoms with Gasteiger partial charge in [-0.05, 0) is 17.5 Å². The number of nitrogens with zero attached hydrogens (tertiary/aromatic N) is 4. The largest absolute Gasteiger partial charge is 0.356 e. The first-order valence-corrected chi connectivity index (χ1v) is 8.52. The maximum atomic E-state index is 5.28. The number of halogens is 1. The lowest BCUT2D eigenvalue weighted by Gasteiger charge is -2.31. The quantitative estimate of drug-likeness (QED) is 0.436. The van der Waals surface area contributed by atoms with Crippen LogP contribution in [-0.2, 0) is 19.4 Å². The number of aliphatic imine (C=N–C) groups is 1. The van der Waals surface area contributed by atoms with Crippen molar-refractivity contribution in [2.45, 2.75) is 39.2 Å². The molecular formula is C18H26IN5O. The fourth-order valence-corrected chi connectivity index (χ4v) is 2.89. The molecule has 2 heterocycles. The minimum atomic E-state index is 0. The molecule has 0 amide bonds. The number of hydrogen-bond acceptors (Lipinski definition) is 4. The lowest BCUT2D eigenvalue weighted by atomic mass is 10.0. The van der Waals surface area contributed by atoms with Crippen molar-refractivity contribution in [3.8, 4) is 0 Å². The molecule has 7 heteroatoms. The SMILES string of the molecule is CN=C(NCCc1nc(C(C)C)no1)N1CCc2ccccc2C1.I. The van der Waals surface area contributed by atoms with Crippen LogP contribution in [0.4, 0.5) is 0 Å². The minimum Gasteiger partial charge on any atom is -0.356 e. The van der Waals surface area contributed by atoms with Crippen molar-refractivity contribution < 1.29 is 4.52 Å². The van der Waals surface area contributed by atoms with Crippen LogP contribution in [-0.4, -0.2) is 41.1 Å². The number of nitrogens with one attached hydrogen (secondary N) is 1. The van der Waals surface area contributed by atoms with Gasteiger partial charge >= 0.3 is 0 Å². The number of guanidine groups is 1. The van der Waals surface area contributed by atoms with Gasteiger partial charge in [0.1, 0.15) is 0 Å². The van der Waals surface area contributed by atoms with Gasteiger partial charge in [0.25, 0.3) is 0 Å². The van der Waals surface area contributed by atoms with Crippen molar-refractivity contribution >= 4 is 29.9 Å². The highest BCUT2D eigenvalue weighted by molar-refractivity contribution is 14.0. The van der Waals surface area contributed by atoms with Crippen LogP contribution in [0.3, 0.4) is 0 Å². The Hall–Kier alpha value is -1.64. The van der Waals surface area contributed by atoms with Gasteiger partial charge < -0.3 is 14.7 Å². The van der Waals surface area contributed by atoms with Crippen LogP contribution in [0.2, 0.25) is 0 Å². The Morgan fingerprint density at radius 3 is 2.76 bits per heavy atom. The molecule has 3 rings (SSSR count). The molecule has 0 unspecified atom stereocenters. The molecule has 0 saturated carbocycles. The molecule has 6 nitrogen and oxygen atoms in total. The number of rotatable bonds is 4. The summed E-state index contributed by atoms with van der Waals surface area (Å²) < 4.78 is 5.28. The van der Waals surface area contributed by atoms with E-state index in [0.29, 0.717) is 12.3 Å². The summed E-state index contributed by atoms with van der Waals surface area (Å²) in [5, 5.41) is 7.40. The van der Waals surface area contributed by atoms with E-state index in [9.17, 15) is 0 Å². The van der Waals surface area contributed by atoms with Gasteiger partial charge in [0, 0.05) is 39.0 Å². The summed E-state index contributed by atoms with van der Waals surface area (Å²) in [6.45, 7) is 6.72. The standard InChI is InChI=1S/C18H25N5O.HI/c1-13(2)17-21-16(24-22-17)8-10-20-18(19-3)23-11-9-14-6-4-5-7-15(14)12-23;/h4-7,13H,8-12H2,1-3H3,(H,19,20);1H. The van der Waals surface area contributed by atoms with Crippen LogP contribution in [0.25, 0.3) is 0 Å². The molecular weight excluding hydrogens is 429 g/mol. The van der Waals surface area contributed by atoms with Crippen LogP contribution in [0.5, 0.6) is 0 Å². The van der Waals surface area contributed by atoms with E-state index < -0.39 is 0 Å². The summed E-state index contributed by atoms with van der Waals surface area (Å²) >= 11 is 0. The molecule has 136 valence electrons. The number of aromatic nitrogens is 2. The second kappa shape index (κ2) is 9.17. The molecule has 0 aliphatic carbocycles. The summed E-state index contributed by atoms with van der Waals surface area (Å²) in [5.74, 6) is 2.65. The van der Waals surface area contributed by atoms with Crippen molar-refractivity contribution in [2.24, 2.45) is 4.99 Å². The highest BCUT2D eigenvalue weighted by Crippen LogP contribution is 2.18. The average Bonchev–Trinajstić information content (AvgIpc) is 3.07. The molecule has 0 fully saturated rings. The molecule has 1 aromatic carbocycles. The van der Waals surface area contributed by atoms with Crippen molar-refractivity contribution in [3.05, 3.63) is 47.1 Å². The predicted octanol–water partition coefficient (Wildman–Crippen LogP) is 2.99. The first kappa shape index (κ1) is 19.7. The number of benzene rings is 1. The van der Waals surface area contributed by atoms with Crippen molar-refractivity contribution in [3.63, 3.8) is 0 Å². The van der Waals surface area contributed by atoms with Crippen LogP contribution in [0, 0.1) is 0 Å². The number of fused-ring (bicyclic) bond motifs is 1. The molecule has 25 heavy (non-hydrogen) atoms. The summed E-state index contributed by atoms with van der Waals surface area (Å²) in [4.78, 5) is 11.1. The van der Waals surface area contributed by atoms with E-state index in [1.807, 2.05) is 7.05 Å². The van der Waals surface area contributed by atoms with Gasteiger partial charge in [-0.25, -0.2) is 0 Å². The summed E-state index contributed by atoms with van der Waals surface area (Å²) in [5.41, 5.74) is 2.82. The highest BCUT2D eigenvalue weighted by atomic mass is 127.